The molecule has 3 heteroatoms. The molecule has 66 valence electrons. The van der Waals surface area contributed by atoms with Crippen molar-refractivity contribution in [3.63, 3.8) is 0 Å². The topological polar surface area (TPSA) is 35.5 Å². The molecule has 0 aromatic heterocycles. The van der Waals surface area contributed by atoms with Crippen molar-refractivity contribution in [2.24, 2.45) is 0 Å². The molecule has 0 bridgehead atoms. The summed E-state index contributed by atoms with van der Waals surface area (Å²) < 4.78 is 9.91. The summed E-state index contributed by atoms with van der Waals surface area (Å²) in [4.78, 5) is 10.5. The molecule has 0 saturated heterocycles. The fourth-order valence-electron chi connectivity index (χ4n) is 0.895. The Morgan fingerprint density at radius 2 is 1.91 bits per heavy atom. The highest BCUT2D eigenvalue weighted by Crippen LogP contribution is 2.04. The SMILES string of the molecule is COC(C)CC(C)OC(C)=O. The molecule has 0 saturated carbocycles. The Morgan fingerprint density at radius 3 is 2.27 bits per heavy atom. The molecule has 0 aromatic rings. The van der Waals surface area contributed by atoms with Crippen LogP contribution in [0.5, 0.6) is 0 Å². The predicted octanol–water partition coefficient (Wildman–Crippen LogP) is 1.36. The van der Waals surface area contributed by atoms with Crippen LogP contribution in [0, 0.1) is 0 Å². The van der Waals surface area contributed by atoms with Gasteiger partial charge in [-0.15, -0.1) is 0 Å². The Kier molecular flexibility index (Phi) is 4.86. The van der Waals surface area contributed by atoms with Crippen LogP contribution in [0.25, 0.3) is 0 Å². The summed E-state index contributed by atoms with van der Waals surface area (Å²) in [6.45, 7) is 5.21. The first kappa shape index (κ1) is 10.4. The molecule has 0 amide bonds. The Labute approximate surface area is 67.7 Å². The minimum absolute atomic E-state index is 0.0533. The van der Waals surface area contributed by atoms with Gasteiger partial charge in [0, 0.05) is 20.5 Å². The Morgan fingerprint density at radius 1 is 1.36 bits per heavy atom. The molecule has 0 radical (unpaired) electrons. The van der Waals surface area contributed by atoms with Crippen molar-refractivity contribution in [1.29, 1.82) is 0 Å². The summed E-state index contributed by atoms with van der Waals surface area (Å²) >= 11 is 0. The standard InChI is InChI=1S/C8H16O3/c1-6(10-4)5-7(2)11-8(3)9/h6-7H,5H2,1-4H3. The van der Waals surface area contributed by atoms with Gasteiger partial charge >= 0.3 is 5.97 Å². The zero-order valence-electron chi connectivity index (χ0n) is 7.59. The van der Waals surface area contributed by atoms with Crippen LogP contribution in [0.2, 0.25) is 0 Å². The fraction of sp³-hybridized carbons (Fsp3) is 0.875. The van der Waals surface area contributed by atoms with Crippen molar-refractivity contribution < 1.29 is 14.3 Å². The fourth-order valence-corrected chi connectivity index (χ4v) is 0.895. The summed E-state index contributed by atoms with van der Waals surface area (Å²) in [6.07, 6.45) is 0.836. The molecule has 0 fully saturated rings. The van der Waals surface area contributed by atoms with E-state index in [1.807, 2.05) is 13.8 Å². The molecule has 0 aromatic carbocycles. The van der Waals surface area contributed by atoms with Crippen molar-refractivity contribution in [3.05, 3.63) is 0 Å². The summed E-state index contributed by atoms with van der Waals surface area (Å²) in [7, 11) is 1.64. The van der Waals surface area contributed by atoms with Crippen molar-refractivity contribution in [2.45, 2.75) is 39.4 Å². The second kappa shape index (κ2) is 5.13. The van der Waals surface area contributed by atoms with Crippen LogP contribution in [0.15, 0.2) is 0 Å². The molecule has 0 heterocycles. The van der Waals surface area contributed by atoms with E-state index < -0.39 is 0 Å². The van der Waals surface area contributed by atoms with Crippen molar-refractivity contribution >= 4 is 5.97 Å². The lowest BCUT2D eigenvalue weighted by molar-refractivity contribution is -0.146. The van der Waals surface area contributed by atoms with Gasteiger partial charge < -0.3 is 9.47 Å². The van der Waals surface area contributed by atoms with E-state index in [1.54, 1.807) is 7.11 Å². The highest BCUT2D eigenvalue weighted by atomic mass is 16.5. The van der Waals surface area contributed by atoms with Gasteiger partial charge in [-0.2, -0.15) is 0 Å². The lowest BCUT2D eigenvalue weighted by Gasteiger charge is -2.15. The van der Waals surface area contributed by atoms with Gasteiger partial charge in [0.2, 0.25) is 0 Å². The third kappa shape index (κ3) is 5.85. The lowest BCUT2D eigenvalue weighted by Crippen LogP contribution is -2.19. The first-order valence-corrected chi connectivity index (χ1v) is 3.76. The summed E-state index contributed by atoms with van der Waals surface area (Å²) in [5, 5.41) is 0. The Hall–Kier alpha value is -0.570. The summed E-state index contributed by atoms with van der Waals surface area (Å²) in [5.41, 5.74) is 0. The van der Waals surface area contributed by atoms with Crippen LogP contribution in [0.3, 0.4) is 0 Å². The van der Waals surface area contributed by atoms with Crippen LogP contribution in [0.4, 0.5) is 0 Å². The molecular formula is C8H16O3. The molecule has 0 aliphatic heterocycles. The van der Waals surface area contributed by atoms with E-state index in [0.29, 0.717) is 0 Å². The average molecular weight is 160 g/mol. The minimum Gasteiger partial charge on any atom is -0.463 e. The van der Waals surface area contributed by atoms with Gasteiger partial charge in [0.25, 0.3) is 0 Å². The number of hydrogen-bond donors (Lipinski definition) is 0. The molecule has 0 aliphatic rings. The number of rotatable bonds is 4. The van der Waals surface area contributed by atoms with E-state index >= 15 is 0 Å². The van der Waals surface area contributed by atoms with Gasteiger partial charge in [-0.3, -0.25) is 4.79 Å². The maximum absolute atomic E-state index is 10.5. The molecule has 11 heavy (non-hydrogen) atoms. The lowest BCUT2D eigenvalue weighted by atomic mass is 10.2. The smallest absolute Gasteiger partial charge is 0.302 e. The third-order valence-corrected chi connectivity index (χ3v) is 1.43. The molecule has 0 rings (SSSR count). The quantitative estimate of drug-likeness (QED) is 0.582. The number of esters is 1. The molecule has 0 spiro atoms. The van der Waals surface area contributed by atoms with E-state index in [4.69, 9.17) is 9.47 Å². The second-order valence-electron chi connectivity index (χ2n) is 2.70. The van der Waals surface area contributed by atoms with Crippen LogP contribution >= 0.6 is 0 Å². The van der Waals surface area contributed by atoms with Crippen LogP contribution in [0.1, 0.15) is 27.2 Å². The van der Waals surface area contributed by atoms with Gasteiger partial charge in [0.1, 0.15) is 6.10 Å². The van der Waals surface area contributed by atoms with Gasteiger partial charge in [-0.25, -0.2) is 0 Å². The molecule has 2 atom stereocenters. The van der Waals surface area contributed by atoms with Crippen molar-refractivity contribution in [2.75, 3.05) is 7.11 Å². The maximum atomic E-state index is 10.5. The minimum atomic E-state index is -0.235. The highest BCUT2D eigenvalue weighted by Gasteiger charge is 2.09. The van der Waals surface area contributed by atoms with E-state index in [9.17, 15) is 4.79 Å². The predicted molar refractivity (Wildman–Crippen MR) is 42.3 cm³/mol. The molecule has 0 N–H and O–H groups in total. The molecule has 3 nitrogen and oxygen atoms in total. The molecule has 2 unspecified atom stereocenters. The number of carbonyl (C=O) groups is 1. The Bertz CT molecular complexity index is 123. The van der Waals surface area contributed by atoms with Gasteiger partial charge in [0.15, 0.2) is 0 Å². The highest BCUT2D eigenvalue weighted by molar-refractivity contribution is 5.66. The largest absolute Gasteiger partial charge is 0.463 e. The number of hydrogen-bond acceptors (Lipinski definition) is 3. The first-order valence-electron chi connectivity index (χ1n) is 3.76. The van der Waals surface area contributed by atoms with Gasteiger partial charge in [-0.05, 0) is 13.8 Å². The van der Waals surface area contributed by atoms with Crippen LogP contribution < -0.4 is 0 Å². The van der Waals surface area contributed by atoms with E-state index in [2.05, 4.69) is 0 Å². The first-order chi connectivity index (χ1) is 5.06. The summed E-state index contributed by atoms with van der Waals surface area (Å²) in [5.74, 6) is -0.235. The number of ether oxygens (including phenoxy) is 2. The Balaban J connectivity index is 3.51. The number of carbonyl (C=O) groups excluding carboxylic acids is 1. The van der Waals surface area contributed by atoms with Gasteiger partial charge in [-0.1, -0.05) is 0 Å². The normalized spacial score (nSPS) is 15.6. The molecule has 0 aliphatic carbocycles. The van der Waals surface area contributed by atoms with E-state index in [1.165, 1.54) is 6.92 Å². The second-order valence-corrected chi connectivity index (χ2v) is 2.70. The van der Waals surface area contributed by atoms with E-state index in [-0.39, 0.29) is 18.2 Å². The van der Waals surface area contributed by atoms with E-state index in [0.717, 1.165) is 6.42 Å². The summed E-state index contributed by atoms with van der Waals surface area (Å²) in [6, 6.07) is 0. The monoisotopic (exact) mass is 160 g/mol. The van der Waals surface area contributed by atoms with Crippen LogP contribution in [-0.2, 0) is 14.3 Å². The van der Waals surface area contributed by atoms with Crippen molar-refractivity contribution in [1.82, 2.24) is 0 Å². The maximum Gasteiger partial charge on any atom is 0.302 e. The molecular weight excluding hydrogens is 144 g/mol. The average Bonchev–Trinajstić information content (AvgIpc) is 1.85. The third-order valence-electron chi connectivity index (χ3n) is 1.43. The zero-order valence-corrected chi connectivity index (χ0v) is 7.59. The van der Waals surface area contributed by atoms with Gasteiger partial charge in [0.05, 0.1) is 6.10 Å². The van der Waals surface area contributed by atoms with Crippen molar-refractivity contribution in [3.8, 4) is 0 Å². The zero-order chi connectivity index (χ0) is 8.85. The number of methoxy groups -OCH3 is 1. The van der Waals surface area contributed by atoms with Crippen LogP contribution in [-0.4, -0.2) is 25.3 Å².